The average Bonchev–Trinajstić information content (AvgIpc) is 2.75. The van der Waals surface area contributed by atoms with Crippen LogP contribution >= 0.6 is 23.5 Å². The summed E-state index contributed by atoms with van der Waals surface area (Å²) in [5.74, 6) is 6.73. The minimum atomic E-state index is -0.359. The molecular formula is C22H39FN4O3S2. The molecule has 0 bridgehead atoms. The van der Waals surface area contributed by atoms with E-state index in [9.17, 15) is 9.18 Å². The molecule has 32 heavy (non-hydrogen) atoms. The number of ether oxygens (including phenoxy) is 2. The van der Waals surface area contributed by atoms with Gasteiger partial charge >= 0.3 is 6.09 Å². The van der Waals surface area contributed by atoms with Crippen LogP contribution in [0, 0.1) is 17.2 Å². The van der Waals surface area contributed by atoms with Crippen molar-refractivity contribution in [3.63, 3.8) is 0 Å². The number of alkyl halides is 1. The van der Waals surface area contributed by atoms with Crippen molar-refractivity contribution in [3.8, 4) is 0 Å². The first-order chi connectivity index (χ1) is 15.1. The van der Waals surface area contributed by atoms with Gasteiger partial charge in [0.25, 0.3) is 0 Å². The molecule has 184 valence electrons. The van der Waals surface area contributed by atoms with Gasteiger partial charge in [0.2, 0.25) is 0 Å². The van der Waals surface area contributed by atoms with E-state index in [0.717, 1.165) is 24.2 Å². The van der Waals surface area contributed by atoms with E-state index >= 15 is 0 Å². The zero-order valence-electron chi connectivity index (χ0n) is 19.9. The number of nitrogens with two attached hydrogens (primary N) is 1. The number of thioether (sulfide) groups is 2. The molecule has 0 aromatic carbocycles. The molecule has 0 aromatic heterocycles. The fourth-order valence-corrected chi connectivity index (χ4v) is 4.76. The van der Waals surface area contributed by atoms with Gasteiger partial charge in [0, 0.05) is 24.2 Å². The molecule has 10 heteroatoms. The van der Waals surface area contributed by atoms with Crippen molar-refractivity contribution in [2.45, 2.75) is 64.9 Å². The molecule has 0 spiro atoms. The Kier molecular flexibility index (Phi) is 13.3. The second kappa shape index (κ2) is 14.8. The minimum Gasteiger partial charge on any atom is -0.416 e. The zero-order valence-corrected chi connectivity index (χ0v) is 21.6. The van der Waals surface area contributed by atoms with Crippen LogP contribution in [0.1, 0.15) is 53.4 Å². The summed E-state index contributed by atoms with van der Waals surface area (Å²) in [5.41, 5.74) is -0.254. The summed E-state index contributed by atoms with van der Waals surface area (Å²) in [6.07, 6.45) is 6.31. The predicted molar refractivity (Wildman–Crippen MR) is 133 cm³/mol. The normalized spacial score (nSPS) is 18.1. The van der Waals surface area contributed by atoms with Gasteiger partial charge in [-0.1, -0.05) is 31.7 Å². The Balaban J connectivity index is 2.49. The van der Waals surface area contributed by atoms with Gasteiger partial charge in [0.1, 0.15) is 5.44 Å². The van der Waals surface area contributed by atoms with Crippen molar-refractivity contribution in [2.24, 2.45) is 17.7 Å². The molecule has 0 saturated carbocycles. The van der Waals surface area contributed by atoms with Gasteiger partial charge in [0.05, 0.1) is 18.5 Å². The van der Waals surface area contributed by atoms with Crippen LogP contribution in [0.15, 0.2) is 23.4 Å². The first kappa shape index (κ1) is 28.8. The highest BCUT2D eigenvalue weighted by atomic mass is 32.2. The lowest BCUT2D eigenvalue weighted by molar-refractivity contribution is -0.00397. The van der Waals surface area contributed by atoms with Gasteiger partial charge in [-0.05, 0) is 58.1 Å². The van der Waals surface area contributed by atoms with Crippen LogP contribution in [0.25, 0.3) is 0 Å². The van der Waals surface area contributed by atoms with E-state index in [0.29, 0.717) is 31.2 Å². The largest absolute Gasteiger partial charge is 0.416 e. The third-order valence-electron chi connectivity index (χ3n) is 5.47. The number of hydrogen-bond donors (Lipinski definition) is 2. The molecule has 1 aliphatic heterocycles. The van der Waals surface area contributed by atoms with Crippen LogP contribution in [0.2, 0.25) is 0 Å². The summed E-state index contributed by atoms with van der Waals surface area (Å²) >= 11 is 2.76. The van der Waals surface area contributed by atoms with Gasteiger partial charge in [-0.15, -0.1) is 11.8 Å². The molecule has 1 rings (SSSR count). The van der Waals surface area contributed by atoms with Crippen molar-refractivity contribution < 1.29 is 18.7 Å². The molecular weight excluding hydrogens is 451 g/mol. The Morgan fingerprint density at radius 2 is 2.03 bits per heavy atom. The third kappa shape index (κ3) is 10.1. The van der Waals surface area contributed by atoms with Crippen molar-refractivity contribution in [1.82, 2.24) is 9.91 Å². The summed E-state index contributed by atoms with van der Waals surface area (Å²) in [5, 5.41) is 9.72. The molecule has 3 unspecified atom stereocenters. The van der Waals surface area contributed by atoms with Crippen LogP contribution in [0.5, 0.6) is 0 Å². The van der Waals surface area contributed by atoms with Gasteiger partial charge in [0.15, 0.2) is 5.17 Å². The topological polar surface area (TPSA) is 91.9 Å². The average molecular weight is 491 g/mol. The zero-order chi connectivity index (χ0) is 24.3. The Bertz CT molecular complexity index is 653. The second-order valence-corrected chi connectivity index (χ2v) is 10.3. The van der Waals surface area contributed by atoms with E-state index in [1.54, 1.807) is 18.0 Å². The fourth-order valence-electron chi connectivity index (χ4n) is 3.42. The molecule has 0 aromatic rings. The second-order valence-electron chi connectivity index (χ2n) is 8.07. The number of carbonyl (C=O) groups excluding carboxylic acids is 1. The predicted octanol–water partition coefficient (Wildman–Crippen LogP) is 5.55. The first-order valence-electron chi connectivity index (χ1n) is 11.0. The highest BCUT2D eigenvalue weighted by Gasteiger charge is 2.29. The van der Waals surface area contributed by atoms with Crippen LogP contribution in [-0.4, -0.2) is 58.7 Å². The highest BCUT2D eigenvalue weighted by molar-refractivity contribution is 8.14. The van der Waals surface area contributed by atoms with Crippen LogP contribution in [-0.2, 0) is 9.47 Å². The highest BCUT2D eigenvalue weighted by Crippen LogP contribution is 2.28. The Morgan fingerprint density at radius 1 is 1.41 bits per heavy atom. The van der Waals surface area contributed by atoms with E-state index in [-0.39, 0.29) is 35.4 Å². The molecule has 1 fully saturated rings. The molecule has 3 atom stereocenters. The number of likely N-dealkylation sites (tertiary alicyclic amines) is 1. The van der Waals surface area contributed by atoms with Gasteiger partial charge < -0.3 is 14.4 Å². The van der Waals surface area contributed by atoms with Crippen molar-refractivity contribution in [2.75, 3.05) is 26.0 Å². The molecule has 1 amide bonds. The number of hydrazine groups is 1. The quantitative estimate of drug-likeness (QED) is 0.0979. The maximum absolute atomic E-state index is 13.0. The van der Waals surface area contributed by atoms with E-state index in [2.05, 4.69) is 6.58 Å². The summed E-state index contributed by atoms with van der Waals surface area (Å²) in [6, 6.07) is 0. The summed E-state index contributed by atoms with van der Waals surface area (Å²) in [7, 11) is 0. The lowest BCUT2D eigenvalue weighted by Gasteiger charge is -2.35. The smallest absolute Gasteiger partial charge is 0.414 e. The number of rotatable bonds is 11. The number of piperidine rings is 1. The van der Waals surface area contributed by atoms with Gasteiger partial charge in [-0.2, -0.15) is 0 Å². The number of nitrogens with one attached hydrogen (secondary N) is 1. The minimum absolute atomic E-state index is 0.0111. The summed E-state index contributed by atoms with van der Waals surface area (Å²) in [4.78, 5) is 14.6. The maximum Gasteiger partial charge on any atom is 0.414 e. The van der Waals surface area contributed by atoms with Crippen LogP contribution in [0.4, 0.5) is 9.18 Å². The number of amides is 1. The SMILES string of the molecule is C=C(C)OC(=O)N1CCC(C(C)OC(C)SC(=N)N(N)/C=C(\CC(CC)CF)SC)CC1. The molecule has 1 saturated heterocycles. The number of allylic oxidation sites excluding steroid dienone is 2. The van der Waals surface area contributed by atoms with Crippen molar-refractivity contribution in [3.05, 3.63) is 23.4 Å². The standard InChI is InChI=1S/C22H39FN4O3S2/c1-7-18(13-23)12-20(31-6)14-27(25)21(24)32-17(5)30-16(4)19-8-10-26(11-9-19)22(28)29-15(2)3/h14,16-19,24H,2,7-13,25H2,1,3-6H3/b20-14+,24-21?. The molecule has 1 aliphatic rings. The molecule has 7 nitrogen and oxygen atoms in total. The number of hydrogen-bond acceptors (Lipinski definition) is 7. The maximum atomic E-state index is 13.0. The molecule has 1 heterocycles. The monoisotopic (exact) mass is 490 g/mol. The van der Waals surface area contributed by atoms with E-state index in [4.69, 9.17) is 20.7 Å². The third-order valence-corrected chi connectivity index (χ3v) is 7.15. The first-order valence-corrected chi connectivity index (χ1v) is 13.1. The summed E-state index contributed by atoms with van der Waals surface area (Å²) in [6.45, 7) is 12.0. The number of carbonyl (C=O) groups is 1. The van der Waals surface area contributed by atoms with Crippen LogP contribution in [0.3, 0.4) is 0 Å². The lowest BCUT2D eigenvalue weighted by atomic mass is 9.92. The van der Waals surface area contributed by atoms with Crippen LogP contribution < -0.4 is 5.84 Å². The number of amidine groups is 1. The van der Waals surface area contributed by atoms with Gasteiger partial charge in [-0.3, -0.25) is 14.8 Å². The van der Waals surface area contributed by atoms with Crippen molar-refractivity contribution >= 4 is 34.8 Å². The molecule has 3 N–H and O–H groups in total. The molecule has 0 radical (unpaired) electrons. The summed E-state index contributed by atoms with van der Waals surface area (Å²) < 4.78 is 24.2. The van der Waals surface area contributed by atoms with Gasteiger partial charge in [-0.25, -0.2) is 10.6 Å². The van der Waals surface area contributed by atoms with E-state index in [1.165, 1.54) is 28.5 Å². The lowest BCUT2D eigenvalue weighted by Crippen LogP contribution is -2.41. The fraction of sp³-hybridized carbons (Fsp3) is 0.727. The Hall–Kier alpha value is -1.23. The number of halogens is 1. The van der Waals surface area contributed by atoms with Crippen molar-refractivity contribution in [1.29, 1.82) is 5.41 Å². The Labute approximate surface area is 200 Å². The number of nitrogens with zero attached hydrogens (tertiary/aromatic N) is 2. The van der Waals surface area contributed by atoms with E-state index in [1.807, 2.05) is 27.0 Å². The van der Waals surface area contributed by atoms with E-state index < -0.39 is 0 Å². The Morgan fingerprint density at radius 3 is 2.53 bits per heavy atom. The molecule has 0 aliphatic carbocycles.